The van der Waals surface area contributed by atoms with Crippen molar-refractivity contribution in [3.8, 4) is 5.75 Å². The number of halogens is 1. The van der Waals surface area contributed by atoms with Crippen LogP contribution in [0.1, 0.15) is 31.4 Å². The number of ether oxygens (including phenoxy) is 1. The highest BCUT2D eigenvalue weighted by molar-refractivity contribution is 7.91. The molecule has 0 heterocycles. The molecule has 4 nitrogen and oxygen atoms in total. The molecule has 1 aromatic rings. The first-order chi connectivity index (χ1) is 8.89. The van der Waals surface area contributed by atoms with E-state index in [0.29, 0.717) is 12.2 Å². The third-order valence-electron chi connectivity index (χ3n) is 2.94. The minimum atomic E-state index is -3.04. The van der Waals surface area contributed by atoms with Gasteiger partial charge in [-0.3, -0.25) is 0 Å². The summed E-state index contributed by atoms with van der Waals surface area (Å²) in [4.78, 5) is 0. The second-order valence-corrected chi connectivity index (χ2v) is 6.75. The maximum atomic E-state index is 13.7. The van der Waals surface area contributed by atoms with Crippen molar-refractivity contribution < 1.29 is 22.7 Å². The van der Waals surface area contributed by atoms with Crippen LogP contribution in [0.4, 0.5) is 4.39 Å². The van der Waals surface area contributed by atoms with E-state index in [-0.39, 0.29) is 23.5 Å². The van der Waals surface area contributed by atoms with Gasteiger partial charge in [-0.1, -0.05) is 6.92 Å². The zero-order valence-corrected chi connectivity index (χ0v) is 11.9. The van der Waals surface area contributed by atoms with Crippen LogP contribution in [0, 0.1) is 5.82 Å². The van der Waals surface area contributed by atoms with Crippen LogP contribution >= 0.6 is 0 Å². The minimum Gasteiger partial charge on any atom is -0.497 e. The van der Waals surface area contributed by atoms with Crippen LogP contribution in [0.25, 0.3) is 0 Å². The van der Waals surface area contributed by atoms with Gasteiger partial charge in [-0.2, -0.15) is 0 Å². The fraction of sp³-hybridized carbons (Fsp3) is 0.538. The molecule has 6 heteroatoms. The molecule has 0 aliphatic carbocycles. The van der Waals surface area contributed by atoms with Gasteiger partial charge >= 0.3 is 0 Å². The summed E-state index contributed by atoms with van der Waals surface area (Å²) in [5, 5.41) is 9.86. The van der Waals surface area contributed by atoms with Gasteiger partial charge in [0.15, 0.2) is 0 Å². The first kappa shape index (κ1) is 15.9. The largest absolute Gasteiger partial charge is 0.497 e. The summed E-state index contributed by atoms with van der Waals surface area (Å²) >= 11 is 0. The average Bonchev–Trinajstić information content (AvgIpc) is 2.38. The zero-order valence-electron chi connectivity index (χ0n) is 11.1. The Morgan fingerprint density at radius 1 is 1.42 bits per heavy atom. The van der Waals surface area contributed by atoms with Gasteiger partial charge in [0.2, 0.25) is 0 Å². The van der Waals surface area contributed by atoms with Gasteiger partial charge in [0, 0.05) is 17.4 Å². The van der Waals surface area contributed by atoms with Gasteiger partial charge in [-0.25, -0.2) is 12.8 Å². The number of rotatable bonds is 7. The van der Waals surface area contributed by atoms with Crippen LogP contribution in [0.15, 0.2) is 18.2 Å². The van der Waals surface area contributed by atoms with Gasteiger partial charge in [-0.15, -0.1) is 0 Å². The number of aliphatic hydroxyl groups excluding tert-OH is 1. The van der Waals surface area contributed by atoms with E-state index in [0.717, 1.165) is 0 Å². The standard InChI is InChI=1S/C13H19FO4S/c1-3-19(16,17)8-4-5-13(15)11-7-6-10(18-2)9-12(11)14/h6-7,9,13,15H,3-5,8H2,1-2H3. The fourth-order valence-corrected chi connectivity index (χ4v) is 2.60. The highest BCUT2D eigenvalue weighted by Crippen LogP contribution is 2.25. The van der Waals surface area contributed by atoms with E-state index in [2.05, 4.69) is 0 Å². The second-order valence-electron chi connectivity index (χ2n) is 4.28. The van der Waals surface area contributed by atoms with Crippen molar-refractivity contribution in [2.75, 3.05) is 18.6 Å². The molecule has 19 heavy (non-hydrogen) atoms. The van der Waals surface area contributed by atoms with E-state index < -0.39 is 21.8 Å². The lowest BCUT2D eigenvalue weighted by atomic mass is 10.0. The Morgan fingerprint density at radius 3 is 2.63 bits per heavy atom. The molecular weight excluding hydrogens is 271 g/mol. The van der Waals surface area contributed by atoms with Crippen molar-refractivity contribution in [1.82, 2.24) is 0 Å². The second kappa shape index (κ2) is 6.86. The predicted molar refractivity (Wildman–Crippen MR) is 71.5 cm³/mol. The van der Waals surface area contributed by atoms with E-state index in [4.69, 9.17) is 4.74 Å². The summed E-state index contributed by atoms with van der Waals surface area (Å²) in [7, 11) is -1.61. The molecule has 0 bridgehead atoms. The van der Waals surface area contributed by atoms with E-state index in [1.807, 2.05) is 0 Å². The molecule has 0 saturated carbocycles. The summed E-state index contributed by atoms with van der Waals surface area (Å²) in [6.07, 6.45) is -0.483. The molecule has 1 N–H and O–H groups in total. The van der Waals surface area contributed by atoms with Crippen molar-refractivity contribution in [3.63, 3.8) is 0 Å². The number of hydrogen-bond acceptors (Lipinski definition) is 4. The summed E-state index contributed by atoms with van der Waals surface area (Å²) in [5.74, 6) is -0.0783. The molecule has 108 valence electrons. The third kappa shape index (κ3) is 4.80. The Balaban J connectivity index is 2.61. The van der Waals surface area contributed by atoms with E-state index in [1.54, 1.807) is 13.0 Å². The lowest BCUT2D eigenvalue weighted by molar-refractivity contribution is 0.162. The molecule has 0 aliphatic heterocycles. The van der Waals surface area contributed by atoms with Gasteiger partial charge in [0.25, 0.3) is 0 Å². The Bertz CT molecular complexity index is 513. The lowest BCUT2D eigenvalue weighted by Crippen LogP contribution is -2.10. The molecule has 0 spiro atoms. The van der Waals surface area contributed by atoms with Crippen LogP contribution < -0.4 is 4.74 Å². The molecule has 0 amide bonds. The first-order valence-corrected chi connectivity index (χ1v) is 7.93. The molecule has 1 atom stereocenters. The normalized spacial score (nSPS) is 13.3. The monoisotopic (exact) mass is 290 g/mol. The maximum absolute atomic E-state index is 13.7. The van der Waals surface area contributed by atoms with Gasteiger partial charge in [0.05, 0.1) is 19.0 Å². The molecule has 1 rings (SSSR count). The van der Waals surface area contributed by atoms with Gasteiger partial charge in [-0.05, 0) is 25.0 Å². The van der Waals surface area contributed by atoms with E-state index in [9.17, 15) is 17.9 Å². The highest BCUT2D eigenvalue weighted by Gasteiger charge is 2.15. The fourth-order valence-electron chi connectivity index (χ4n) is 1.70. The van der Waals surface area contributed by atoms with E-state index >= 15 is 0 Å². The maximum Gasteiger partial charge on any atom is 0.150 e. The Labute approximate surface area is 113 Å². The lowest BCUT2D eigenvalue weighted by Gasteiger charge is -2.12. The van der Waals surface area contributed by atoms with Gasteiger partial charge in [0.1, 0.15) is 21.4 Å². The topological polar surface area (TPSA) is 63.6 Å². The minimum absolute atomic E-state index is 0.0122. The molecular formula is C13H19FO4S. The smallest absolute Gasteiger partial charge is 0.150 e. The zero-order chi connectivity index (χ0) is 14.5. The summed E-state index contributed by atoms with van der Waals surface area (Å²) in [6.45, 7) is 1.58. The summed E-state index contributed by atoms with van der Waals surface area (Å²) in [6, 6.07) is 4.21. The number of methoxy groups -OCH3 is 1. The summed E-state index contributed by atoms with van der Waals surface area (Å²) < 4.78 is 41.1. The van der Waals surface area contributed by atoms with Crippen LogP contribution in [0.2, 0.25) is 0 Å². The third-order valence-corrected chi connectivity index (χ3v) is 4.73. The van der Waals surface area contributed by atoms with Crippen molar-refractivity contribution >= 4 is 9.84 Å². The average molecular weight is 290 g/mol. The highest BCUT2D eigenvalue weighted by atomic mass is 32.2. The van der Waals surface area contributed by atoms with Crippen LogP contribution in [-0.2, 0) is 9.84 Å². The molecule has 0 saturated heterocycles. The van der Waals surface area contributed by atoms with Gasteiger partial charge < -0.3 is 9.84 Å². The first-order valence-electron chi connectivity index (χ1n) is 6.11. The number of aliphatic hydroxyl groups is 1. The van der Waals surface area contributed by atoms with E-state index in [1.165, 1.54) is 19.2 Å². The molecule has 0 radical (unpaired) electrons. The van der Waals surface area contributed by atoms with Crippen molar-refractivity contribution in [3.05, 3.63) is 29.6 Å². The Morgan fingerprint density at radius 2 is 2.11 bits per heavy atom. The Hall–Kier alpha value is -1.14. The molecule has 1 aromatic carbocycles. The number of sulfone groups is 1. The molecule has 0 fully saturated rings. The van der Waals surface area contributed by atoms with Crippen LogP contribution in [0.3, 0.4) is 0 Å². The van der Waals surface area contributed by atoms with Crippen LogP contribution in [0.5, 0.6) is 5.75 Å². The summed E-state index contributed by atoms with van der Waals surface area (Å²) in [5.41, 5.74) is 0.162. The Kier molecular flexibility index (Phi) is 5.75. The van der Waals surface area contributed by atoms with Crippen molar-refractivity contribution in [2.24, 2.45) is 0 Å². The molecule has 0 aromatic heterocycles. The van der Waals surface area contributed by atoms with Crippen molar-refractivity contribution in [2.45, 2.75) is 25.9 Å². The quantitative estimate of drug-likeness (QED) is 0.835. The molecule has 1 unspecified atom stereocenters. The van der Waals surface area contributed by atoms with Crippen molar-refractivity contribution in [1.29, 1.82) is 0 Å². The number of benzene rings is 1. The van der Waals surface area contributed by atoms with Crippen LogP contribution in [-0.4, -0.2) is 32.1 Å². The number of hydrogen-bond donors (Lipinski definition) is 1. The molecule has 0 aliphatic rings. The predicted octanol–water partition coefficient (Wildman–Crippen LogP) is 2.08. The SMILES string of the molecule is CCS(=O)(=O)CCCC(O)c1ccc(OC)cc1F.